The minimum Gasteiger partial charge on any atom is -0.465 e. The van der Waals surface area contributed by atoms with Gasteiger partial charge in [0.15, 0.2) is 0 Å². The Kier molecular flexibility index (Phi) is 5.41. The first-order valence-corrected chi connectivity index (χ1v) is 7.01. The van der Waals surface area contributed by atoms with Crippen molar-refractivity contribution in [3.63, 3.8) is 0 Å². The van der Waals surface area contributed by atoms with Crippen LogP contribution in [0.1, 0.15) is 23.2 Å². The van der Waals surface area contributed by atoms with E-state index < -0.39 is 5.97 Å². The zero-order chi connectivity index (χ0) is 15.2. The van der Waals surface area contributed by atoms with Gasteiger partial charge in [0.05, 0.1) is 17.7 Å². The van der Waals surface area contributed by atoms with Crippen LogP contribution in [0.2, 0.25) is 5.02 Å². The van der Waals surface area contributed by atoms with Gasteiger partial charge in [-0.1, -0.05) is 11.6 Å². The summed E-state index contributed by atoms with van der Waals surface area (Å²) in [6, 6.07) is 4.43. The number of urea groups is 1. The molecule has 21 heavy (non-hydrogen) atoms. The average molecular weight is 313 g/mol. The molecule has 0 aliphatic carbocycles. The van der Waals surface area contributed by atoms with Crippen molar-refractivity contribution in [1.82, 2.24) is 5.32 Å². The highest BCUT2D eigenvalue weighted by atomic mass is 35.5. The molecule has 114 valence electrons. The number of hydrogen-bond acceptors (Lipinski definition) is 4. The number of benzene rings is 1. The summed E-state index contributed by atoms with van der Waals surface area (Å²) in [6.07, 6.45) is 1.59. The molecule has 0 atom stereocenters. The maximum Gasteiger partial charge on any atom is 0.339 e. The predicted octanol–water partition coefficient (Wildman–Crippen LogP) is 2.43. The third kappa shape index (κ3) is 4.34. The minimum atomic E-state index is -0.548. The Labute approximate surface area is 127 Å². The number of nitrogens with one attached hydrogen (secondary N) is 2. The molecule has 1 aliphatic heterocycles. The Balaban J connectivity index is 1.98. The van der Waals surface area contributed by atoms with Crippen LogP contribution in [0.25, 0.3) is 0 Å². The van der Waals surface area contributed by atoms with Gasteiger partial charge in [0.1, 0.15) is 0 Å². The fraction of sp³-hybridized carbons (Fsp3) is 0.429. The van der Waals surface area contributed by atoms with Crippen LogP contribution in [0.5, 0.6) is 0 Å². The minimum absolute atomic E-state index is 0.103. The topological polar surface area (TPSA) is 76.7 Å². The van der Waals surface area contributed by atoms with Crippen LogP contribution >= 0.6 is 11.6 Å². The van der Waals surface area contributed by atoms with E-state index in [0.29, 0.717) is 18.9 Å². The van der Waals surface area contributed by atoms with E-state index in [9.17, 15) is 9.59 Å². The van der Waals surface area contributed by atoms with Gasteiger partial charge in [0, 0.05) is 24.9 Å². The van der Waals surface area contributed by atoms with Crippen LogP contribution in [0, 0.1) is 0 Å². The van der Waals surface area contributed by atoms with Crippen LogP contribution < -0.4 is 10.6 Å². The summed E-state index contributed by atoms with van der Waals surface area (Å²) in [7, 11) is 1.27. The standard InChI is InChI=1S/C14H17ClN2O4/c1-20-13(18)11-8-10(2-3-12(11)15)17-14(19)16-9-4-6-21-7-5-9/h2-3,8-9H,4-7H2,1H3,(H2,16,17,19). The molecule has 1 aromatic rings. The Bertz CT molecular complexity index is 530. The predicted molar refractivity (Wildman–Crippen MR) is 78.8 cm³/mol. The van der Waals surface area contributed by atoms with Gasteiger partial charge in [-0.25, -0.2) is 9.59 Å². The van der Waals surface area contributed by atoms with Crippen molar-refractivity contribution in [2.45, 2.75) is 18.9 Å². The number of hydrogen-bond donors (Lipinski definition) is 2. The number of carbonyl (C=O) groups excluding carboxylic acids is 2. The molecule has 1 saturated heterocycles. The van der Waals surface area contributed by atoms with E-state index >= 15 is 0 Å². The molecule has 0 radical (unpaired) electrons. The second-order valence-corrected chi connectivity index (χ2v) is 5.08. The monoisotopic (exact) mass is 312 g/mol. The Morgan fingerprint density at radius 3 is 2.71 bits per heavy atom. The first-order chi connectivity index (χ1) is 10.1. The molecule has 0 aromatic heterocycles. The van der Waals surface area contributed by atoms with E-state index in [4.69, 9.17) is 16.3 Å². The maximum absolute atomic E-state index is 11.9. The van der Waals surface area contributed by atoms with Gasteiger partial charge in [-0.15, -0.1) is 0 Å². The average Bonchev–Trinajstić information content (AvgIpc) is 2.49. The molecule has 0 bridgehead atoms. The molecule has 2 amide bonds. The molecule has 7 heteroatoms. The summed E-state index contributed by atoms with van der Waals surface area (Å²) in [5.74, 6) is -0.548. The first kappa shape index (κ1) is 15.6. The highest BCUT2D eigenvalue weighted by molar-refractivity contribution is 6.33. The SMILES string of the molecule is COC(=O)c1cc(NC(=O)NC2CCOCC2)ccc1Cl. The quantitative estimate of drug-likeness (QED) is 0.840. The van der Waals surface area contributed by atoms with Crippen LogP contribution in [-0.2, 0) is 9.47 Å². The molecule has 2 rings (SSSR count). The van der Waals surface area contributed by atoms with Crippen LogP contribution in [0.15, 0.2) is 18.2 Å². The molecule has 1 heterocycles. The number of ether oxygens (including phenoxy) is 2. The number of carbonyl (C=O) groups is 2. The Morgan fingerprint density at radius 2 is 2.05 bits per heavy atom. The van der Waals surface area contributed by atoms with Gasteiger partial charge >= 0.3 is 12.0 Å². The van der Waals surface area contributed by atoms with Gasteiger partial charge in [0.2, 0.25) is 0 Å². The van der Waals surface area contributed by atoms with Crippen molar-refractivity contribution in [3.05, 3.63) is 28.8 Å². The van der Waals surface area contributed by atoms with Gasteiger partial charge in [0.25, 0.3) is 0 Å². The largest absolute Gasteiger partial charge is 0.465 e. The normalized spacial score (nSPS) is 15.3. The fourth-order valence-corrected chi connectivity index (χ4v) is 2.26. The molecule has 2 N–H and O–H groups in total. The second-order valence-electron chi connectivity index (χ2n) is 4.67. The van der Waals surface area contributed by atoms with Gasteiger partial charge in [-0.3, -0.25) is 0 Å². The molecule has 0 spiro atoms. The number of halogens is 1. The number of amides is 2. The lowest BCUT2D eigenvalue weighted by Gasteiger charge is -2.23. The molecule has 6 nitrogen and oxygen atoms in total. The van der Waals surface area contributed by atoms with Crippen LogP contribution in [0.3, 0.4) is 0 Å². The first-order valence-electron chi connectivity index (χ1n) is 6.63. The van der Waals surface area contributed by atoms with Crippen LogP contribution in [0.4, 0.5) is 10.5 Å². The molecule has 0 unspecified atom stereocenters. The number of anilines is 1. The summed E-state index contributed by atoms with van der Waals surface area (Å²) in [6.45, 7) is 1.30. The highest BCUT2D eigenvalue weighted by Crippen LogP contribution is 2.21. The van der Waals surface area contributed by atoms with E-state index in [0.717, 1.165) is 12.8 Å². The molecular weight excluding hydrogens is 296 g/mol. The molecule has 1 fully saturated rings. The molecule has 1 aliphatic rings. The molecular formula is C14H17ClN2O4. The summed E-state index contributed by atoms with van der Waals surface area (Å²) < 4.78 is 9.86. The van der Waals surface area contributed by atoms with E-state index in [-0.39, 0.29) is 22.7 Å². The van der Waals surface area contributed by atoms with E-state index in [1.165, 1.54) is 19.2 Å². The third-order valence-corrected chi connectivity index (χ3v) is 3.52. The summed E-state index contributed by atoms with van der Waals surface area (Å²) in [5.41, 5.74) is 0.687. The van der Waals surface area contributed by atoms with E-state index in [2.05, 4.69) is 15.4 Å². The van der Waals surface area contributed by atoms with Gasteiger partial charge < -0.3 is 20.1 Å². The number of rotatable bonds is 3. The van der Waals surface area contributed by atoms with Gasteiger partial charge in [-0.2, -0.15) is 0 Å². The van der Waals surface area contributed by atoms with Crippen molar-refractivity contribution in [3.8, 4) is 0 Å². The lowest BCUT2D eigenvalue weighted by Crippen LogP contribution is -2.41. The second kappa shape index (κ2) is 7.28. The van der Waals surface area contributed by atoms with E-state index in [1.54, 1.807) is 6.07 Å². The number of methoxy groups -OCH3 is 1. The van der Waals surface area contributed by atoms with Crippen molar-refractivity contribution >= 4 is 29.3 Å². The smallest absolute Gasteiger partial charge is 0.339 e. The lowest BCUT2D eigenvalue weighted by molar-refractivity contribution is 0.0601. The zero-order valence-corrected chi connectivity index (χ0v) is 12.4. The fourth-order valence-electron chi connectivity index (χ4n) is 2.06. The maximum atomic E-state index is 11.9. The summed E-state index contributed by atoms with van der Waals surface area (Å²) >= 11 is 5.92. The highest BCUT2D eigenvalue weighted by Gasteiger charge is 2.17. The van der Waals surface area contributed by atoms with Crippen molar-refractivity contribution in [2.24, 2.45) is 0 Å². The zero-order valence-electron chi connectivity index (χ0n) is 11.6. The molecule has 0 saturated carbocycles. The summed E-state index contributed by atoms with van der Waals surface area (Å²) in [4.78, 5) is 23.4. The van der Waals surface area contributed by atoms with Crippen molar-refractivity contribution in [1.29, 1.82) is 0 Å². The third-order valence-electron chi connectivity index (χ3n) is 3.19. The Morgan fingerprint density at radius 1 is 1.33 bits per heavy atom. The summed E-state index contributed by atoms with van der Waals surface area (Å²) in [5, 5.41) is 5.82. The number of esters is 1. The van der Waals surface area contributed by atoms with Gasteiger partial charge in [-0.05, 0) is 31.0 Å². The Hall–Kier alpha value is -1.79. The molecule has 1 aromatic carbocycles. The van der Waals surface area contributed by atoms with Crippen LogP contribution in [-0.4, -0.2) is 38.4 Å². The van der Waals surface area contributed by atoms with E-state index in [1.807, 2.05) is 0 Å². The van der Waals surface area contributed by atoms with Crippen molar-refractivity contribution in [2.75, 3.05) is 25.6 Å². The lowest BCUT2D eigenvalue weighted by atomic mass is 10.1. The van der Waals surface area contributed by atoms with Crippen molar-refractivity contribution < 1.29 is 19.1 Å².